The molecule has 6 nitrogen and oxygen atoms in total. The van der Waals surface area contributed by atoms with E-state index in [4.69, 9.17) is 0 Å². The third-order valence-corrected chi connectivity index (χ3v) is 2.80. The molecule has 1 fully saturated rings. The molecule has 6 heteroatoms. The smallest absolute Gasteiger partial charge is 0.296 e. The van der Waals surface area contributed by atoms with Crippen molar-refractivity contribution in [2.75, 3.05) is 0 Å². The van der Waals surface area contributed by atoms with Crippen LogP contribution in [0.2, 0.25) is 0 Å². The zero-order valence-electron chi connectivity index (χ0n) is 9.08. The summed E-state index contributed by atoms with van der Waals surface area (Å²) in [6.45, 7) is 0.492. The van der Waals surface area contributed by atoms with Gasteiger partial charge in [0.05, 0.1) is 6.54 Å². The van der Waals surface area contributed by atoms with E-state index in [0.717, 1.165) is 18.5 Å². The lowest BCUT2D eigenvalue weighted by molar-refractivity contribution is 0.649. The molecule has 2 aromatic rings. The van der Waals surface area contributed by atoms with Gasteiger partial charge in [-0.05, 0) is 12.8 Å². The lowest BCUT2D eigenvalue weighted by atomic mass is 10.5. The SMILES string of the molecule is Cn1cc(Cn2ccn(C3CC3)c2=O)nn1. The number of aromatic nitrogens is 5. The van der Waals surface area contributed by atoms with Gasteiger partial charge in [-0.25, -0.2) is 4.79 Å². The molecule has 0 atom stereocenters. The Morgan fingerprint density at radius 1 is 1.44 bits per heavy atom. The molecule has 2 heterocycles. The Balaban J connectivity index is 1.87. The van der Waals surface area contributed by atoms with E-state index >= 15 is 0 Å². The highest BCUT2D eigenvalue weighted by Crippen LogP contribution is 2.33. The maximum absolute atomic E-state index is 11.9. The molecule has 0 radical (unpaired) electrons. The van der Waals surface area contributed by atoms with Gasteiger partial charge in [-0.1, -0.05) is 5.21 Å². The Hall–Kier alpha value is -1.85. The Morgan fingerprint density at radius 3 is 2.88 bits per heavy atom. The van der Waals surface area contributed by atoms with Gasteiger partial charge in [0.25, 0.3) is 0 Å². The molecular formula is C10H13N5O. The normalized spacial score (nSPS) is 15.6. The first-order valence-corrected chi connectivity index (χ1v) is 5.36. The minimum Gasteiger partial charge on any atom is -0.296 e. The van der Waals surface area contributed by atoms with E-state index in [9.17, 15) is 4.79 Å². The van der Waals surface area contributed by atoms with E-state index < -0.39 is 0 Å². The predicted octanol–water partition coefficient (Wildman–Crippen LogP) is 0.161. The zero-order valence-corrected chi connectivity index (χ0v) is 9.08. The van der Waals surface area contributed by atoms with Crippen molar-refractivity contribution in [2.24, 2.45) is 7.05 Å². The first-order chi connectivity index (χ1) is 7.74. The fraction of sp³-hybridized carbons (Fsp3) is 0.500. The molecule has 0 amide bonds. The van der Waals surface area contributed by atoms with Crippen LogP contribution < -0.4 is 5.69 Å². The quantitative estimate of drug-likeness (QED) is 0.739. The molecular weight excluding hydrogens is 206 g/mol. The number of rotatable bonds is 3. The summed E-state index contributed by atoms with van der Waals surface area (Å²) in [5.41, 5.74) is 0.853. The molecule has 16 heavy (non-hydrogen) atoms. The molecule has 0 N–H and O–H groups in total. The minimum absolute atomic E-state index is 0.0492. The second-order valence-electron chi connectivity index (χ2n) is 4.23. The van der Waals surface area contributed by atoms with Crippen LogP contribution in [-0.2, 0) is 13.6 Å². The highest BCUT2D eigenvalue weighted by atomic mass is 16.1. The number of nitrogens with zero attached hydrogens (tertiary/aromatic N) is 5. The van der Waals surface area contributed by atoms with Gasteiger partial charge in [-0.15, -0.1) is 5.10 Å². The number of imidazole rings is 1. The fourth-order valence-electron chi connectivity index (χ4n) is 1.82. The first-order valence-electron chi connectivity index (χ1n) is 5.36. The van der Waals surface area contributed by atoms with Crippen LogP contribution in [0.4, 0.5) is 0 Å². The fourth-order valence-corrected chi connectivity index (χ4v) is 1.82. The number of hydrogen-bond donors (Lipinski definition) is 0. The molecule has 1 aliphatic carbocycles. The summed E-state index contributed by atoms with van der Waals surface area (Å²) in [4.78, 5) is 11.9. The molecule has 84 valence electrons. The molecule has 0 aromatic carbocycles. The van der Waals surface area contributed by atoms with Crippen molar-refractivity contribution >= 4 is 0 Å². The molecule has 1 aliphatic rings. The average Bonchev–Trinajstić information content (AvgIpc) is 2.93. The number of hydrogen-bond acceptors (Lipinski definition) is 3. The lowest BCUT2D eigenvalue weighted by Gasteiger charge is -1.97. The van der Waals surface area contributed by atoms with E-state index in [2.05, 4.69) is 10.3 Å². The maximum Gasteiger partial charge on any atom is 0.328 e. The molecule has 0 spiro atoms. The van der Waals surface area contributed by atoms with Crippen LogP contribution in [0.5, 0.6) is 0 Å². The van der Waals surface area contributed by atoms with Gasteiger partial charge in [0.15, 0.2) is 0 Å². The second-order valence-corrected chi connectivity index (χ2v) is 4.23. The van der Waals surface area contributed by atoms with Crippen LogP contribution in [0.25, 0.3) is 0 Å². The standard InChI is InChI=1S/C10H13N5O/c1-13-6-8(11-12-13)7-14-4-5-15(10(14)16)9-2-3-9/h4-6,9H,2-3,7H2,1H3. The van der Waals surface area contributed by atoms with Crippen molar-refractivity contribution in [3.05, 3.63) is 34.8 Å². The van der Waals surface area contributed by atoms with Crippen molar-refractivity contribution in [2.45, 2.75) is 25.4 Å². The summed E-state index contributed by atoms with van der Waals surface area (Å²) in [6.07, 6.45) is 7.73. The summed E-state index contributed by atoms with van der Waals surface area (Å²) >= 11 is 0. The van der Waals surface area contributed by atoms with Gasteiger partial charge in [-0.2, -0.15) is 0 Å². The molecule has 0 unspecified atom stereocenters. The van der Waals surface area contributed by atoms with E-state index in [1.165, 1.54) is 0 Å². The van der Waals surface area contributed by atoms with Crippen LogP contribution in [0, 0.1) is 0 Å². The van der Waals surface area contributed by atoms with E-state index in [1.807, 2.05) is 25.6 Å². The summed E-state index contributed by atoms with van der Waals surface area (Å²) in [5, 5.41) is 7.81. The third kappa shape index (κ3) is 1.56. The van der Waals surface area contributed by atoms with Gasteiger partial charge < -0.3 is 0 Å². The Bertz CT molecular complexity index is 560. The molecule has 0 bridgehead atoms. The summed E-state index contributed by atoms with van der Waals surface area (Å²) in [6, 6.07) is 0.426. The Morgan fingerprint density at radius 2 is 2.25 bits per heavy atom. The van der Waals surface area contributed by atoms with Crippen LogP contribution in [-0.4, -0.2) is 24.1 Å². The van der Waals surface area contributed by atoms with E-state index in [1.54, 1.807) is 13.8 Å². The van der Waals surface area contributed by atoms with Crippen LogP contribution in [0.3, 0.4) is 0 Å². The molecule has 1 saturated carbocycles. The topological polar surface area (TPSA) is 57.6 Å². The van der Waals surface area contributed by atoms with Crippen LogP contribution in [0.15, 0.2) is 23.4 Å². The third-order valence-electron chi connectivity index (χ3n) is 2.80. The van der Waals surface area contributed by atoms with Crippen molar-refractivity contribution in [1.29, 1.82) is 0 Å². The number of aryl methyl sites for hydroxylation is 1. The highest BCUT2D eigenvalue weighted by molar-refractivity contribution is 4.97. The molecule has 3 rings (SSSR count). The van der Waals surface area contributed by atoms with Crippen molar-refractivity contribution < 1.29 is 0 Å². The molecule has 2 aromatic heterocycles. The highest BCUT2D eigenvalue weighted by Gasteiger charge is 2.25. The summed E-state index contributed by atoms with van der Waals surface area (Å²) in [7, 11) is 1.81. The monoisotopic (exact) mass is 219 g/mol. The maximum atomic E-state index is 11.9. The summed E-state index contributed by atoms with van der Waals surface area (Å²) < 4.78 is 5.11. The molecule has 0 aliphatic heterocycles. The van der Waals surface area contributed by atoms with E-state index in [0.29, 0.717) is 12.6 Å². The Labute approximate surface area is 92.1 Å². The average molecular weight is 219 g/mol. The van der Waals surface area contributed by atoms with Gasteiger partial charge in [0.2, 0.25) is 0 Å². The van der Waals surface area contributed by atoms with Gasteiger partial charge in [0.1, 0.15) is 5.69 Å². The van der Waals surface area contributed by atoms with E-state index in [-0.39, 0.29) is 5.69 Å². The largest absolute Gasteiger partial charge is 0.328 e. The summed E-state index contributed by atoms with van der Waals surface area (Å²) in [5.74, 6) is 0. The predicted molar refractivity (Wildman–Crippen MR) is 57.1 cm³/mol. The first kappa shape index (κ1) is 9.38. The van der Waals surface area contributed by atoms with Gasteiger partial charge in [-0.3, -0.25) is 13.8 Å². The van der Waals surface area contributed by atoms with Crippen molar-refractivity contribution in [3.8, 4) is 0 Å². The zero-order chi connectivity index (χ0) is 11.1. The van der Waals surface area contributed by atoms with Crippen molar-refractivity contribution in [3.63, 3.8) is 0 Å². The Kier molecular flexibility index (Phi) is 1.95. The second kappa shape index (κ2) is 3.33. The van der Waals surface area contributed by atoms with Crippen LogP contribution in [0.1, 0.15) is 24.6 Å². The van der Waals surface area contributed by atoms with Crippen LogP contribution >= 0.6 is 0 Å². The molecule has 0 saturated heterocycles. The van der Waals surface area contributed by atoms with Gasteiger partial charge >= 0.3 is 5.69 Å². The van der Waals surface area contributed by atoms with Gasteiger partial charge in [0, 0.05) is 31.7 Å². The van der Waals surface area contributed by atoms with Crippen molar-refractivity contribution in [1.82, 2.24) is 24.1 Å². The lowest BCUT2D eigenvalue weighted by Crippen LogP contribution is -2.23. The minimum atomic E-state index is 0.0492.